The number of cyclic esters (lactones) is 2. The molecule has 0 bridgehead atoms. The quantitative estimate of drug-likeness (QED) is 0.0144. The molecule has 3 fully saturated rings. The van der Waals surface area contributed by atoms with Crippen molar-refractivity contribution in [3.63, 3.8) is 0 Å². The number of anilines is 5. The molecule has 0 radical (unpaired) electrons. The van der Waals surface area contributed by atoms with Gasteiger partial charge in [0.05, 0.1) is 95.5 Å². The van der Waals surface area contributed by atoms with Gasteiger partial charge >= 0.3 is 42.2 Å². The molecule has 50 heteroatoms. The van der Waals surface area contributed by atoms with Crippen LogP contribution in [0, 0.1) is 0 Å². The minimum absolute atomic E-state index is 0.0426. The molecule has 0 saturated carbocycles. The molecule has 0 spiro atoms. The van der Waals surface area contributed by atoms with Gasteiger partial charge < -0.3 is 93.0 Å². The van der Waals surface area contributed by atoms with E-state index >= 15 is 0 Å². The number of piperazine rings is 3. The van der Waals surface area contributed by atoms with Crippen molar-refractivity contribution in [3.8, 4) is 0 Å². The fourth-order valence-electron chi connectivity index (χ4n) is 13.2. The smallest absolute Gasteiger partial charge is 0.410 e. The monoisotopic (exact) mass is 2090 g/mol. The normalized spacial score (nSPS) is 14.7. The summed E-state index contributed by atoms with van der Waals surface area (Å²) in [7, 11) is 0. The van der Waals surface area contributed by atoms with E-state index in [1.165, 1.54) is 78.7 Å². The molecular formula is C90H95Cl5N16O26S3. The van der Waals surface area contributed by atoms with Crippen LogP contribution in [0.15, 0.2) is 127 Å². The van der Waals surface area contributed by atoms with Crippen LogP contribution in [-0.2, 0) is 38.1 Å². The minimum atomic E-state index is -1.24. The Balaban J connectivity index is 0.000000205. The van der Waals surface area contributed by atoms with Gasteiger partial charge in [-0.15, -0.1) is 34.0 Å². The number of ether oxygens (including phenoxy) is 4. The van der Waals surface area contributed by atoms with Gasteiger partial charge in [0.25, 0.3) is 63.6 Å². The molecule has 0 atom stereocenters. The number of nitrogens with one attached hydrogen (secondary N) is 3. The minimum Gasteiger partial charge on any atom is -0.480 e. The first kappa shape index (κ1) is 111. The number of thiophene rings is 3. The maximum atomic E-state index is 13.1. The van der Waals surface area contributed by atoms with E-state index in [-0.39, 0.29) is 130 Å². The summed E-state index contributed by atoms with van der Waals surface area (Å²) >= 11 is 30.6. The molecular weight excluding hydrogens is 1990 g/mol. The largest absolute Gasteiger partial charge is 0.480 e. The van der Waals surface area contributed by atoms with E-state index < -0.39 is 124 Å². The Hall–Kier alpha value is -14.0. The van der Waals surface area contributed by atoms with Gasteiger partial charge in [-0.3, -0.25) is 91.9 Å². The Bertz CT molecular complexity index is 6060. The maximum Gasteiger partial charge on any atom is 0.410 e. The number of esters is 2. The number of carbonyl (C=O) groups excluding carboxylic acids is 18. The third kappa shape index (κ3) is 30.5. The third-order valence-electron chi connectivity index (χ3n) is 19.5. The maximum absolute atomic E-state index is 13.1. The average molecular weight is 2090 g/mol. The number of benzene rings is 5. The fraction of sp³-hybridized carbons (Fsp3) is 0.311. The SMILES string of the molecule is CC(C)(C)OC(=O)N1CCN(C(=O)CN2C(=O)c3cccc(N)c3C2=O)CC1.CC(C)(C)OC(=O)N1CCN(C(=O)CN2C(=O)c3cccc(NC(=O)c4ccc(Cl)s4)c3C2=O)CC1.CC(C)(C)OC(=O)N1CCNCC1.NCC(=O)O.Nc1cccc2c1C(=O)N(CC(=O)O)C2=O.Nc1cccc2c1C(=O)NC2=O.Nc1cccc2c1C(=O)OC2=O.O=C(Cl)c1ccc(Cl)s1.O=C(Cl)c1ccc(Cl)s1. The Morgan fingerprint density at radius 3 is 1.04 bits per heavy atom. The van der Waals surface area contributed by atoms with Crippen LogP contribution in [0.2, 0.25) is 13.0 Å². The highest BCUT2D eigenvalue weighted by atomic mass is 35.5. The number of carboxylic acid groups (broad SMARTS) is 2. The van der Waals surface area contributed by atoms with Crippen LogP contribution in [0.3, 0.4) is 0 Å². The average Bonchev–Trinajstić information content (AvgIpc) is 1.62. The summed E-state index contributed by atoms with van der Waals surface area (Å²) < 4.78 is 21.9. The number of amides is 14. The number of carbonyl (C=O) groups is 20. The summed E-state index contributed by atoms with van der Waals surface area (Å²) in [4.78, 5) is 245. The lowest BCUT2D eigenvalue weighted by atomic mass is 10.1. The van der Waals surface area contributed by atoms with E-state index in [1.54, 1.807) is 137 Å². The molecule has 8 aromatic rings. The van der Waals surface area contributed by atoms with Crippen LogP contribution < -0.4 is 44.6 Å². The van der Waals surface area contributed by atoms with Gasteiger partial charge in [-0.25, -0.2) is 24.0 Å². The zero-order valence-corrected chi connectivity index (χ0v) is 82.4. The van der Waals surface area contributed by atoms with Crippen LogP contribution in [0.5, 0.6) is 0 Å². The van der Waals surface area contributed by atoms with Crippen molar-refractivity contribution in [1.82, 2.24) is 49.8 Å². The summed E-state index contributed by atoms with van der Waals surface area (Å²) in [5.74, 6) is -9.10. The van der Waals surface area contributed by atoms with Crippen molar-refractivity contribution in [2.24, 2.45) is 5.73 Å². The molecule has 0 aliphatic carbocycles. The van der Waals surface area contributed by atoms with Gasteiger partial charge in [0.15, 0.2) is 0 Å². The van der Waals surface area contributed by atoms with Crippen LogP contribution in [0.4, 0.5) is 42.8 Å². The van der Waals surface area contributed by atoms with E-state index in [1.807, 2.05) is 20.8 Å². The summed E-state index contributed by atoms with van der Waals surface area (Å²) in [5, 5.41) is 23.3. The Morgan fingerprint density at radius 2 is 0.707 bits per heavy atom. The van der Waals surface area contributed by atoms with Gasteiger partial charge in [-0.1, -0.05) is 65.1 Å². The number of rotatable bonds is 11. The van der Waals surface area contributed by atoms with Gasteiger partial charge in [0.2, 0.25) is 11.8 Å². The van der Waals surface area contributed by atoms with Gasteiger partial charge in [-0.05, 0) is 183 Å². The van der Waals surface area contributed by atoms with Crippen molar-refractivity contribution < 1.29 is 125 Å². The predicted octanol–water partition coefficient (Wildman–Crippen LogP) is 10.4. The Kier molecular flexibility index (Phi) is 38.9. The van der Waals surface area contributed by atoms with E-state index in [0.717, 1.165) is 47.3 Å². The summed E-state index contributed by atoms with van der Waals surface area (Å²) in [6.07, 6.45) is -1.07. The highest BCUT2D eigenvalue weighted by Crippen LogP contribution is 2.35. The number of nitrogens with two attached hydrogens (primary N) is 5. The second-order valence-electron chi connectivity index (χ2n) is 33.1. The van der Waals surface area contributed by atoms with Gasteiger partial charge in [-0.2, -0.15) is 0 Å². The highest BCUT2D eigenvalue weighted by molar-refractivity contribution is 7.20. The standard InChI is InChI=1S/C24H25ClN4O6S.C19H24N4O5.C10H8N2O4.C9H18N2O2.C8H6N2O2.C8H5NO3.2C5H2Cl2OS.C2H5NO2/c1-24(2,3)35-23(34)28-11-9-27(10-12-28)18(30)13-29-21(32)14-5-4-6-15(19(14)22(29)33)26-20(31)16-7-8-17(25)36-16;1-19(2,3)28-18(27)22-9-7-21(8-10-22)14(24)11-23-16(25)12-5-4-6-13(20)15(12)17(23)26;11-6-3-1-2-5-8(6)10(16)12(9(5)15)4-7(13)14;1-9(2,3)13-8(12)11-6-4-10-5-7-11;9-5-3-1-2-4-6(5)8(12)10-7(4)11;9-5-3-1-2-4-6(5)8(11)12-7(4)10;2*6-4-2-1-3(9-4)5(7)8;3-1-2(4)5/h4-8H,9-13H2,1-3H3,(H,26,31);4-6H,7-11,20H2,1-3H3;1-3H,4,11H2,(H,13,14);10H,4-7H2,1-3H3;1-3H,9H2,(H,10,11,12);1-3H,9H2;2*1-2H;1,3H2,(H,4,5). The van der Waals surface area contributed by atoms with Crippen LogP contribution in [0.1, 0.15) is 195 Å². The summed E-state index contributed by atoms with van der Waals surface area (Å²) in [5.41, 5.74) is 28.4. The van der Waals surface area contributed by atoms with Gasteiger partial charge in [0.1, 0.15) is 36.4 Å². The molecule has 3 saturated heterocycles. The number of fused-ring (bicyclic) bond motifs is 5. The summed E-state index contributed by atoms with van der Waals surface area (Å²) in [6, 6.07) is 32.8. The lowest BCUT2D eigenvalue weighted by Gasteiger charge is -2.36. The molecule has 15 N–H and O–H groups in total. The number of imide groups is 4. The van der Waals surface area contributed by atoms with E-state index in [4.69, 9.17) is 105 Å². The lowest BCUT2D eigenvalue weighted by Crippen LogP contribution is -2.53. The van der Waals surface area contributed by atoms with E-state index in [0.29, 0.717) is 75.5 Å². The zero-order valence-electron chi connectivity index (χ0n) is 76.2. The second-order valence-corrected chi connectivity index (χ2v) is 38.9. The molecule has 11 heterocycles. The highest BCUT2D eigenvalue weighted by Gasteiger charge is 2.44. The van der Waals surface area contributed by atoms with Crippen LogP contribution in [-0.4, -0.2) is 289 Å². The van der Waals surface area contributed by atoms with Crippen LogP contribution >= 0.6 is 92.0 Å². The number of carboxylic acids is 2. The third-order valence-corrected chi connectivity index (χ3v) is 23.9. The predicted molar refractivity (Wildman–Crippen MR) is 518 cm³/mol. The molecule has 0 unspecified atom stereocenters. The van der Waals surface area contributed by atoms with Crippen molar-refractivity contribution in [3.05, 3.63) is 211 Å². The molecule has 16 rings (SSSR count). The topological polar surface area (TPSA) is 611 Å². The molecule has 5 aromatic carbocycles. The molecule has 140 heavy (non-hydrogen) atoms. The molecule has 8 aliphatic rings. The Labute approximate surface area is 835 Å². The number of nitrogen functional groups attached to an aromatic ring is 4. The first-order valence-electron chi connectivity index (χ1n) is 41.8. The number of aliphatic carboxylic acids is 2. The van der Waals surface area contributed by atoms with Crippen molar-refractivity contribution >= 4 is 238 Å². The van der Waals surface area contributed by atoms with Crippen molar-refractivity contribution in [2.75, 3.05) is 133 Å². The molecule has 42 nitrogen and oxygen atoms in total. The van der Waals surface area contributed by atoms with Crippen molar-refractivity contribution in [1.29, 1.82) is 0 Å². The molecule has 8 aliphatic heterocycles. The first-order chi connectivity index (χ1) is 65.6. The number of hydrogen-bond acceptors (Lipinski definition) is 33. The van der Waals surface area contributed by atoms with Crippen LogP contribution in [0.25, 0.3) is 0 Å². The second kappa shape index (κ2) is 49.0. The fourth-order valence-corrected chi connectivity index (χ4v) is 16.2. The molecule has 14 amide bonds. The molecule has 744 valence electrons. The number of halogens is 5. The van der Waals surface area contributed by atoms with Gasteiger partial charge in [0, 0.05) is 101 Å². The van der Waals surface area contributed by atoms with Crippen molar-refractivity contribution in [2.45, 2.75) is 79.1 Å². The lowest BCUT2D eigenvalue weighted by molar-refractivity contribution is -0.137. The first-order valence-corrected chi connectivity index (χ1v) is 46.1. The van der Waals surface area contributed by atoms with E-state index in [2.05, 4.69) is 26.4 Å². The number of nitrogens with zero attached hydrogens (tertiary/aromatic N) is 8. The zero-order chi connectivity index (χ0) is 104. The molecule has 3 aromatic heterocycles. The van der Waals surface area contributed by atoms with E-state index in [9.17, 15) is 95.9 Å². The summed E-state index contributed by atoms with van der Waals surface area (Å²) in [6.45, 7) is 20.2. The Morgan fingerprint density at radius 1 is 0.386 bits per heavy atom. The number of hydrogen-bond donors (Lipinski definition) is 10.